The molecule has 1 aromatic heterocycles. The summed E-state index contributed by atoms with van der Waals surface area (Å²) in [6.45, 7) is 7.61. The molecule has 4 aromatic rings. The molecule has 1 atom stereocenters. The Hall–Kier alpha value is -4.41. The minimum Gasteiger partial charge on any atom is -0.493 e. The smallest absolute Gasteiger partial charge is 0.338 e. The number of allylic oxidation sites excluding steroid dienone is 1. The van der Waals surface area contributed by atoms with Crippen LogP contribution in [0.5, 0.6) is 17.2 Å². The monoisotopic (exact) mass is 650 g/mol. The number of carbonyl (C=O) groups is 1. The van der Waals surface area contributed by atoms with Crippen LogP contribution >= 0.6 is 22.9 Å². The zero-order valence-corrected chi connectivity index (χ0v) is 27.0. The largest absolute Gasteiger partial charge is 0.493 e. The lowest BCUT2D eigenvalue weighted by molar-refractivity contribution is -0.139. The Bertz CT molecular complexity index is 1950. The summed E-state index contributed by atoms with van der Waals surface area (Å²) >= 11 is 7.53. The van der Waals surface area contributed by atoms with Gasteiger partial charge >= 0.3 is 5.97 Å². The number of hydrogen-bond donors (Lipinski definition) is 0. The molecule has 11 heteroatoms. The van der Waals surface area contributed by atoms with Crippen molar-refractivity contribution in [1.82, 2.24) is 4.57 Å². The van der Waals surface area contributed by atoms with E-state index in [0.29, 0.717) is 48.4 Å². The van der Waals surface area contributed by atoms with Gasteiger partial charge in [-0.3, -0.25) is 9.36 Å². The van der Waals surface area contributed by atoms with Crippen LogP contribution < -0.4 is 29.1 Å². The number of nitrogens with zero attached hydrogens (tertiary/aromatic N) is 2. The lowest BCUT2D eigenvalue weighted by Crippen LogP contribution is -2.40. The van der Waals surface area contributed by atoms with E-state index in [-0.39, 0.29) is 36.3 Å². The molecule has 1 aliphatic heterocycles. The number of rotatable bonds is 10. The maximum absolute atomic E-state index is 14.2. The number of aromatic nitrogens is 1. The molecule has 0 radical (unpaired) electrons. The van der Waals surface area contributed by atoms with Crippen LogP contribution in [-0.2, 0) is 16.1 Å². The minimum absolute atomic E-state index is 0.0873. The quantitative estimate of drug-likeness (QED) is 0.197. The van der Waals surface area contributed by atoms with Crippen LogP contribution in [0.25, 0.3) is 6.08 Å². The van der Waals surface area contributed by atoms with Crippen LogP contribution in [0.4, 0.5) is 4.39 Å². The predicted octanol–water partition coefficient (Wildman–Crippen LogP) is 5.97. The Morgan fingerprint density at radius 1 is 1.09 bits per heavy atom. The van der Waals surface area contributed by atoms with E-state index < -0.39 is 12.0 Å². The normalized spacial score (nSPS) is 14.7. The highest BCUT2D eigenvalue weighted by molar-refractivity contribution is 7.07. The number of fused-ring (bicyclic) bond motifs is 1. The van der Waals surface area contributed by atoms with E-state index >= 15 is 0 Å². The molecule has 8 nitrogen and oxygen atoms in total. The molecular formula is C34H32ClFN2O6S. The summed E-state index contributed by atoms with van der Waals surface area (Å²) in [7, 11) is 1.53. The molecule has 0 saturated carbocycles. The third-order valence-corrected chi connectivity index (χ3v) is 8.17. The van der Waals surface area contributed by atoms with Gasteiger partial charge in [-0.05, 0) is 87.4 Å². The Kier molecular flexibility index (Phi) is 9.74. The van der Waals surface area contributed by atoms with E-state index in [4.69, 9.17) is 30.5 Å². The van der Waals surface area contributed by atoms with Gasteiger partial charge in [-0.1, -0.05) is 41.1 Å². The van der Waals surface area contributed by atoms with Crippen molar-refractivity contribution >= 4 is 35.0 Å². The summed E-state index contributed by atoms with van der Waals surface area (Å²) < 4.78 is 38.2. The summed E-state index contributed by atoms with van der Waals surface area (Å²) in [4.78, 5) is 32.5. The number of carbonyl (C=O) groups excluding carboxylic acids is 1. The number of methoxy groups -OCH3 is 1. The molecule has 0 saturated heterocycles. The van der Waals surface area contributed by atoms with E-state index in [2.05, 4.69) is 4.99 Å². The van der Waals surface area contributed by atoms with Gasteiger partial charge in [0.1, 0.15) is 18.2 Å². The number of halogens is 2. The Labute approximate surface area is 268 Å². The highest BCUT2D eigenvalue weighted by Gasteiger charge is 2.34. The van der Waals surface area contributed by atoms with Gasteiger partial charge in [0.25, 0.3) is 5.56 Å². The van der Waals surface area contributed by atoms with Crippen LogP contribution in [-0.4, -0.2) is 30.4 Å². The zero-order chi connectivity index (χ0) is 32.2. The standard InChI is InChI=1S/C34H32ClFN2O6S/c1-6-42-33(40)30-20(4)37-34-38(31(30)22-9-13-27(44-19(2)3)28(16-22)41-5)32(39)29(45-34)17-23-15-24(35)10-14-26(23)43-18-21-7-11-25(36)12-8-21/h7-17,19,31H,6,18H2,1-5H3/b29-17+/t31-/m1/s1. The van der Waals surface area contributed by atoms with E-state index in [0.717, 1.165) is 5.56 Å². The van der Waals surface area contributed by atoms with Crippen LogP contribution in [0.3, 0.4) is 0 Å². The Balaban J connectivity index is 1.63. The fourth-order valence-corrected chi connectivity index (χ4v) is 6.18. The molecule has 0 fully saturated rings. The first-order chi connectivity index (χ1) is 21.6. The second kappa shape index (κ2) is 13.7. The first kappa shape index (κ1) is 32.0. The lowest BCUT2D eigenvalue weighted by Gasteiger charge is -2.25. The average molecular weight is 651 g/mol. The van der Waals surface area contributed by atoms with Gasteiger partial charge in [0, 0.05) is 10.6 Å². The van der Waals surface area contributed by atoms with Crippen LogP contribution in [0.15, 0.2) is 81.7 Å². The molecule has 3 aromatic carbocycles. The first-order valence-electron chi connectivity index (χ1n) is 14.3. The maximum Gasteiger partial charge on any atom is 0.338 e. The second-order valence-corrected chi connectivity index (χ2v) is 11.9. The fourth-order valence-electron chi connectivity index (χ4n) is 4.96. The molecule has 0 aliphatic carbocycles. The van der Waals surface area contributed by atoms with Crippen LogP contribution in [0, 0.1) is 5.82 Å². The van der Waals surface area contributed by atoms with Gasteiger partial charge in [0.15, 0.2) is 16.3 Å². The molecule has 2 heterocycles. The highest BCUT2D eigenvalue weighted by atomic mass is 35.5. The number of hydrogen-bond acceptors (Lipinski definition) is 8. The molecule has 0 spiro atoms. The molecule has 5 rings (SSSR count). The molecule has 0 amide bonds. The van der Waals surface area contributed by atoms with Crippen molar-refractivity contribution in [1.29, 1.82) is 0 Å². The summed E-state index contributed by atoms with van der Waals surface area (Å²) in [5, 5.41) is 0.456. The highest BCUT2D eigenvalue weighted by Crippen LogP contribution is 2.36. The average Bonchev–Trinajstić information content (AvgIpc) is 3.30. The van der Waals surface area contributed by atoms with Crippen LogP contribution in [0.2, 0.25) is 5.02 Å². The molecule has 45 heavy (non-hydrogen) atoms. The third-order valence-electron chi connectivity index (χ3n) is 6.95. The van der Waals surface area contributed by atoms with E-state index in [1.54, 1.807) is 68.5 Å². The summed E-state index contributed by atoms with van der Waals surface area (Å²) in [6, 6.07) is 15.6. The van der Waals surface area contributed by atoms with E-state index in [1.165, 1.54) is 35.1 Å². The van der Waals surface area contributed by atoms with Gasteiger partial charge in [-0.2, -0.15) is 0 Å². The predicted molar refractivity (Wildman–Crippen MR) is 171 cm³/mol. The Morgan fingerprint density at radius 2 is 1.82 bits per heavy atom. The van der Waals surface area contributed by atoms with E-state index in [9.17, 15) is 14.0 Å². The van der Waals surface area contributed by atoms with Crippen LogP contribution in [0.1, 0.15) is 50.4 Å². The van der Waals surface area contributed by atoms with Gasteiger partial charge in [-0.15, -0.1) is 0 Å². The van der Waals surface area contributed by atoms with Crippen molar-refractivity contribution in [2.24, 2.45) is 4.99 Å². The lowest BCUT2D eigenvalue weighted by atomic mass is 9.95. The van der Waals surface area contributed by atoms with Crippen molar-refractivity contribution in [2.45, 2.75) is 46.4 Å². The molecule has 0 N–H and O–H groups in total. The van der Waals surface area contributed by atoms with Crippen molar-refractivity contribution < 1.29 is 28.1 Å². The maximum atomic E-state index is 14.2. The topological polar surface area (TPSA) is 88.4 Å². The summed E-state index contributed by atoms with van der Waals surface area (Å²) in [5.74, 6) is 0.587. The zero-order valence-electron chi connectivity index (χ0n) is 25.4. The third kappa shape index (κ3) is 6.97. The fraction of sp³-hybridized carbons (Fsp3) is 0.265. The van der Waals surface area contributed by atoms with Gasteiger partial charge in [0.2, 0.25) is 0 Å². The van der Waals surface area contributed by atoms with Crippen molar-refractivity contribution in [3.63, 3.8) is 0 Å². The number of ether oxygens (including phenoxy) is 4. The summed E-state index contributed by atoms with van der Waals surface area (Å²) in [6.07, 6.45) is 1.60. The van der Waals surface area contributed by atoms with Crippen molar-refractivity contribution in [3.05, 3.63) is 119 Å². The number of esters is 1. The second-order valence-electron chi connectivity index (χ2n) is 10.5. The number of benzene rings is 3. The molecule has 234 valence electrons. The van der Waals surface area contributed by atoms with Gasteiger partial charge < -0.3 is 18.9 Å². The summed E-state index contributed by atoms with van der Waals surface area (Å²) in [5.41, 5.74) is 2.31. The van der Waals surface area contributed by atoms with Gasteiger partial charge in [-0.25, -0.2) is 14.2 Å². The van der Waals surface area contributed by atoms with Gasteiger partial charge in [0.05, 0.1) is 41.7 Å². The minimum atomic E-state index is -0.835. The number of thiazole rings is 1. The molecule has 1 aliphatic rings. The first-order valence-corrected chi connectivity index (χ1v) is 15.5. The van der Waals surface area contributed by atoms with E-state index in [1.807, 2.05) is 13.8 Å². The molecule has 0 unspecified atom stereocenters. The van der Waals surface area contributed by atoms with Crippen molar-refractivity contribution in [3.8, 4) is 17.2 Å². The molecule has 0 bridgehead atoms. The Morgan fingerprint density at radius 3 is 2.51 bits per heavy atom. The van der Waals surface area contributed by atoms with Crippen molar-refractivity contribution in [2.75, 3.05) is 13.7 Å². The molecular weight excluding hydrogens is 619 g/mol. The SMILES string of the molecule is CCOC(=O)C1=C(C)N=c2s/c(=C/c3cc(Cl)ccc3OCc3ccc(F)cc3)c(=O)n2[C@@H]1c1ccc(OC(C)C)c(OC)c1.